The predicted octanol–water partition coefficient (Wildman–Crippen LogP) is 1.85. The molecule has 4 heterocycles. The summed E-state index contributed by atoms with van der Waals surface area (Å²) in [5, 5.41) is 11.9. The third kappa shape index (κ3) is 3.59. The van der Waals surface area contributed by atoms with E-state index in [1.807, 2.05) is 15.5 Å². The molecule has 0 aliphatic carbocycles. The van der Waals surface area contributed by atoms with Crippen LogP contribution in [-0.2, 0) is 11.3 Å². The summed E-state index contributed by atoms with van der Waals surface area (Å²) in [7, 11) is 0. The van der Waals surface area contributed by atoms with Crippen LogP contribution in [-0.4, -0.2) is 59.7 Å². The minimum absolute atomic E-state index is 0.0117. The molecule has 0 radical (unpaired) electrons. The van der Waals surface area contributed by atoms with Crippen molar-refractivity contribution in [1.82, 2.24) is 9.47 Å². The summed E-state index contributed by atoms with van der Waals surface area (Å²) >= 11 is 0. The molecule has 2 bridgehead atoms. The molecule has 2 aromatic rings. The Kier molecular flexibility index (Phi) is 4.97. The van der Waals surface area contributed by atoms with Gasteiger partial charge in [0.2, 0.25) is 0 Å². The number of pyridine rings is 1. The normalized spacial score (nSPS) is 22.7. The van der Waals surface area contributed by atoms with E-state index in [2.05, 4.69) is 0 Å². The zero-order chi connectivity index (χ0) is 21.5. The molecule has 2 unspecified atom stereocenters. The molecule has 0 spiro atoms. The molecular weight excluding hydrogens is 400 g/mol. The van der Waals surface area contributed by atoms with Crippen LogP contribution in [0.15, 0.2) is 41.2 Å². The number of piperidine rings is 1. The molecule has 3 aliphatic heterocycles. The second kappa shape index (κ2) is 7.81. The third-order valence-electron chi connectivity index (χ3n) is 6.54. The molecule has 2 fully saturated rings. The van der Waals surface area contributed by atoms with Crippen LogP contribution in [0.3, 0.4) is 0 Å². The molecule has 1 aromatic heterocycles. The van der Waals surface area contributed by atoms with Gasteiger partial charge in [-0.2, -0.15) is 0 Å². The highest BCUT2D eigenvalue weighted by molar-refractivity contribution is 5.96. The first-order valence-electron chi connectivity index (χ1n) is 10.6. The van der Waals surface area contributed by atoms with Crippen molar-refractivity contribution in [2.75, 3.05) is 44.3 Å². The summed E-state index contributed by atoms with van der Waals surface area (Å²) in [6, 6.07) is 10.1. The Morgan fingerprint density at radius 2 is 1.90 bits per heavy atom. The van der Waals surface area contributed by atoms with Gasteiger partial charge in [-0.25, -0.2) is 0 Å². The fraction of sp³-hybridized carbons (Fsp3) is 0.455. The lowest BCUT2D eigenvalue weighted by Gasteiger charge is -2.43. The highest BCUT2D eigenvalue weighted by atomic mass is 16.6. The minimum Gasteiger partial charge on any atom is -0.378 e. The molecule has 2 saturated heterocycles. The van der Waals surface area contributed by atoms with Crippen molar-refractivity contribution in [2.24, 2.45) is 5.92 Å². The van der Waals surface area contributed by atoms with Crippen molar-refractivity contribution in [3.63, 3.8) is 0 Å². The SMILES string of the molecule is O=C(c1ccc(N2CC3CC(C2)c2cccc(=O)n2C3)c([N+](=O)[O-])c1)N1CCOCC1. The fourth-order valence-corrected chi connectivity index (χ4v) is 5.11. The number of rotatable bonds is 3. The maximum absolute atomic E-state index is 12.8. The van der Waals surface area contributed by atoms with Gasteiger partial charge in [0.05, 0.1) is 18.1 Å². The number of aromatic nitrogens is 1. The Morgan fingerprint density at radius 3 is 2.68 bits per heavy atom. The quantitative estimate of drug-likeness (QED) is 0.551. The number of anilines is 1. The van der Waals surface area contributed by atoms with Crippen molar-refractivity contribution >= 4 is 17.3 Å². The maximum Gasteiger partial charge on any atom is 0.293 e. The summed E-state index contributed by atoms with van der Waals surface area (Å²) in [6.45, 7) is 3.82. The van der Waals surface area contributed by atoms with Crippen molar-refractivity contribution in [3.8, 4) is 0 Å². The lowest BCUT2D eigenvalue weighted by molar-refractivity contribution is -0.384. The molecule has 9 heteroatoms. The number of hydrogen-bond donors (Lipinski definition) is 0. The first kappa shape index (κ1) is 19.7. The molecule has 2 atom stereocenters. The van der Waals surface area contributed by atoms with E-state index in [0.29, 0.717) is 57.2 Å². The van der Waals surface area contributed by atoms with Gasteiger partial charge in [0, 0.05) is 62.0 Å². The van der Waals surface area contributed by atoms with Crippen molar-refractivity contribution < 1.29 is 14.5 Å². The van der Waals surface area contributed by atoms with Gasteiger partial charge < -0.3 is 19.1 Å². The van der Waals surface area contributed by atoms with Gasteiger partial charge in [-0.05, 0) is 30.5 Å². The molecule has 0 N–H and O–H groups in total. The number of hydrogen-bond acceptors (Lipinski definition) is 6. The Hall–Kier alpha value is -3.20. The van der Waals surface area contributed by atoms with E-state index in [-0.39, 0.29) is 29.0 Å². The van der Waals surface area contributed by atoms with Gasteiger partial charge in [-0.3, -0.25) is 19.7 Å². The van der Waals surface area contributed by atoms with E-state index in [1.165, 1.54) is 6.07 Å². The first-order chi connectivity index (χ1) is 15.0. The Labute approximate surface area is 179 Å². The van der Waals surface area contributed by atoms with Crippen LogP contribution in [0.5, 0.6) is 0 Å². The Morgan fingerprint density at radius 1 is 1.10 bits per heavy atom. The molecule has 3 aliphatic rings. The van der Waals surface area contributed by atoms with Crippen LogP contribution in [0.1, 0.15) is 28.4 Å². The number of amides is 1. The fourth-order valence-electron chi connectivity index (χ4n) is 5.11. The number of fused-ring (bicyclic) bond motifs is 4. The predicted molar refractivity (Wildman–Crippen MR) is 114 cm³/mol. The van der Waals surface area contributed by atoms with Gasteiger partial charge in [-0.15, -0.1) is 0 Å². The lowest BCUT2D eigenvalue weighted by Crippen LogP contribution is -2.47. The van der Waals surface area contributed by atoms with E-state index >= 15 is 0 Å². The van der Waals surface area contributed by atoms with E-state index in [0.717, 1.165) is 12.1 Å². The number of benzene rings is 1. The average molecular weight is 424 g/mol. The van der Waals surface area contributed by atoms with Gasteiger partial charge in [-0.1, -0.05) is 6.07 Å². The number of nitrogens with zero attached hydrogens (tertiary/aromatic N) is 4. The number of nitro benzene ring substituents is 1. The van der Waals surface area contributed by atoms with Gasteiger partial charge >= 0.3 is 0 Å². The summed E-state index contributed by atoms with van der Waals surface area (Å²) in [5.74, 6) is 0.193. The minimum atomic E-state index is -0.408. The van der Waals surface area contributed by atoms with Crippen LogP contribution >= 0.6 is 0 Å². The molecule has 1 aromatic carbocycles. The number of carbonyl (C=O) groups is 1. The molecule has 1 amide bonds. The van der Waals surface area contributed by atoms with Crippen molar-refractivity contribution in [2.45, 2.75) is 18.9 Å². The smallest absolute Gasteiger partial charge is 0.293 e. The topological polar surface area (TPSA) is 97.9 Å². The zero-order valence-corrected chi connectivity index (χ0v) is 17.1. The summed E-state index contributed by atoms with van der Waals surface area (Å²) in [6.07, 6.45) is 0.974. The Balaban J connectivity index is 1.44. The number of ether oxygens (including phenoxy) is 1. The van der Waals surface area contributed by atoms with Crippen LogP contribution in [0, 0.1) is 16.0 Å². The molecule has 31 heavy (non-hydrogen) atoms. The maximum atomic E-state index is 12.8. The van der Waals surface area contributed by atoms with E-state index in [1.54, 1.807) is 29.2 Å². The second-order valence-corrected chi connectivity index (χ2v) is 8.47. The lowest BCUT2D eigenvalue weighted by atomic mass is 9.83. The summed E-state index contributed by atoms with van der Waals surface area (Å²) < 4.78 is 7.13. The van der Waals surface area contributed by atoms with Crippen molar-refractivity contribution in [1.29, 1.82) is 0 Å². The summed E-state index contributed by atoms with van der Waals surface area (Å²) in [4.78, 5) is 40.2. The van der Waals surface area contributed by atoms with Gasteiger partial charge in [0.25, 0.3) is 17.2 Å². The van der Waals surface area contributed by atoms with Crippen LogP contribution in [0.4, 0.5) is 11.4 Å². The van der Waals surface area contributed by atoms with E-state index in [9.17, 15) is 19.7 Å². The largest absolute Gasteiger partial charge is 0.378 e. The Bertz CT molecular complexity index is 1090. The van der Waals surface area contributed by atoms with Crippen LogP contribution in [0.2, 0.25) is 0 Å². The van der Waals surface area contributed by atoms with E-state index < -0.39 is 4.92 Å². The monoisotopic (exact) mass is 424 g/mol. The highest BCUT2D eigenvalue weighted by Crippen LogP contribution is 2.39. The number of morpholine rings is 1. The average Bonchev–Trinajstić information content (AvgIpc) is 2.79. The van der Waals surface area contributed by atoms with Gasteiger partial charge in [0.15, 0.2) is 0 Å². The first-order valence-corrected chi connectivity index (χ1v) is 10.6. The number of carbonyl (C=O) groups excluding carboxylic acids is 1. The molecule has 162 valence electrons. The molecule has 0 saturated carbocycles. The standard InChI is InChI=1S/C22H24N4O5/c27-21-3-1-2-18-17-10-15(13-25(18)21)12-24(14-17)19-5-4-16(11-20(19)26(29)30)22(28)23-6-8-31-9-7-23/h1-5,11,15,17H,6-10,12-14H2. The second-order valence-electron chi connectivity index (χ2n) is 8.47. The molecule has 9 nitrogen and oxygen atoms in total. The van der Waals surface area contributed by atoms with Crippen LogP contribution in [0.25, 0.3) is 0 Å². The van der Waals surface area contributed by atoms with Crippen molar-refractivity contribution in [3.05, 3.63) is 68.1 Å². The highest BCUT2D eigenvalue weighted by Gasteiger charge is 2.36. The summed E-state index contributed by atoms with van der Waals surface area (Å²) in [5.41, 5.74) is 1.81. The molecule has 5 rings (SSSR count). The third-order valence-corrected chi connectivity index (χ3v) is 6.54. The number of nitro groups is 1. The van der Waals surface area contributed by atoms with Crippen LogP contribution < -0.4 is 10.5 Å². The van der Waals surface area contributed by atoms with Gasteiger partial charge in [0.1, 0.15) is 5.69 Å². The molecular formula is C22H24N4O5. The zero-order valence-electron chi connectivity index (χ0n) is 17.1. The van der Waals surface area contributed by atoms with E-state index in [4.69, 9.17) is 4.74 Å².